The number of nitrogens with zero attached hydrogens (tertiary/aromatic N) is 1. The fourth-order valence-electron chi connectivity index (χ4n) is 2.52. The minimum Gasteiger partial charge on any atom is -0.465 e. The molecule has 0 aliphatic rings. The molecule has 0 bridgehead atoms. The number of hydrogen-bond acceptors (Lipinski definition) is 4. The second kappa shape index (κ2) is 8.53. The van der Waals surface area contributed by atoms with Crippen LogP contribution in [-0.4, -0.2) is 13.1 Å². The van der Waals surface area contributed by atoms with Gasteiger partial charge in [-0.1, -0.05) is 40.9 Å². The minimum absolute atomic E-state index is 0.240. The maximum absolute atomic E-state index is 11.8. The van der Waals surface area contributed by atoms with Crippen LogP contribution in [0.25, 0.3) is 23.0 Å². The summed E-state index contributed by atoms with van der Waals surface area (Å²) in [5.41, 5.74) is 1.88. The average molecular weight is 433 g/mol. The first-order valence-corrected chi connectivity index (χ1v) is 9.11. The lowest BCUT2D eigenvalue weighted by molar-refractivity contribution is 0.0601. The molecule has 0 unspecified atom stereocenters. The Balaban J connectivity index is 1.95. The highest BCUT2D eigenvalue weighted by Crippen LogP contribution is 2.30. The Labute approximate surface area is 176 Å². The molecule has 4 nitrogen and oxygen atoms in total. The smallest absolute Gasteiger partial charge is 0.339 e. The van der Waals surface area contributed by atoms with Gasteiger partial charge in [0.15, 0.2) is 0 Å². The van der Waals surface area contributed by atoms with E-state index in [-0.39, 0.29) is 10.6 Å². The molecule has 0 N–H and O–H groups in total. The monoisotopic (exact) mass is 431 g/mol. The summed E-state index contributed by atoms with van der Waals surface area (Å²) in [4.78, 5) is 11.8. The molecule has 28 heavy (non-hydrogen) atoms. The number of esters is 1. The van der Waals surface area contributed by atoms with Gasteiger partial charge in [0.1, 0.15) is 11.5 Å². The number of ether oxygens (including phenoxy) is 1. The molecule has 0 amide bonds. The van der Waals surface area contributed by atoms with Crippen molar-refractivity contribution in [3.63, 3.8) is 0 Å². The zero-order chi connectivity index (χ0) is 20.3. The van der Waals surface area contributed by atoms with E-state index in [9.17, 15) is 10.1 Å². The van der Waals surface area contributed by atoms with Gasteiger partial charge in [0.2, 0.25) is 0 Å². The van der Waals surface area contributed by atoms with Gasteiger partial charge >= 0.3 is 5.97 Å². The molecule has 1 heterocycles. The Morgan fingerprint density at radius 1 is 1.04 bits per heavy atom. The summed E-state index contributed by atoms with van der Waals surface area (Å²) in [6, 6.07) is 15.4. The van der Waals surface area contributed by atoms with Crippen LogP contribution >= 0.6 is 34.8 Å². The van der Waals surface area contributed by atoms with E-state index in [1.807, 2.05) is 0 Å². The van der Waals surface area contributed by atoms with E-state index < -0.39 is 5.97 Å². The Morgan fingerprint density at radius 3 is 2.46 bits per heavy atom. The van der Waals surface area contributed by atoms with Crippen molar-refractivity contribution in [2.45, 2.75) is 0 Å². The van der Waals surface area contributed by atoms with Gasteiger partial charge in [0, 0.05) is 5.56 Å². The van der Waals surface area contributed by atoms with Gasteiger partial charge < -0.3 is 9.15 Å². The van der Waals surface area contributed by atoms with Gasteiger partial charge in [0.05, 0.1) is 39.4 Å². The Bertz CT molecular complexity index is 1130. The molecule has 0 radical (unpaired) electrons. The van der Waals surface area contributed by atoms with Gasteiger partial charge in [-0.3, -0.25) is 0 Å². The molecular formula is C21H12Cl3NO3. The lowest BCUT2D eigenvalue weighted by atomic mass is 10.1. The van der Waals surface area contributed by atoms with Crippen molar-refractivity contribution in [2.24, 2.45) is 0 Å². The van der Waals surface area contributed by atoms with Crippen molar-refractivity contribution in [1.29, 1.82) is 5.26 Å². The molecule has 3 rings (SSSR count). The van der Waals surface area contributed by atoms with Crippen molar-refractivity contribution in [3.8, 4) is 17.4 Å². The number of halogens is 3. The summed E-state index contributed by atoms with van der Waals surface area (Å²) in [6.45, 7) is 0. The summed E-state index contributed by atoms with van der Waals surface area (Å²) in [5, 5.41) is 10.5. The zero-order valence-corrected chi connectivity index (χ0v) is 16.8. The number of methoxy groups -OCH3 is 1. The highest BCUT2D eigenvalue weighted by atomic mass is 35.5. The molecule has 140 valence electrons. The highest BCUT2D eigenvalue weighted by Gasteiger charge is 2.14. The van der Waals surface area contributed by atoms with Crippen LogP contribution in [-0.2, 0) is 4.74 Å². The Morgan fingerprint density at radius 2 is 1.79 bits per heavy atom. The first-order valence-electron chi connectivity index (χ1n) is 7.98. The maximum Gasteiger partial charge on any atom is 0.339 e. The number of nitriles is 1. The SMILES string of the molecule is COC(=O)c1cc(-c2ccc(/C=C(/C#N)c3ccc(Cl)c(Cl)c3)o2)ccc1Cl. The molecule has 3 aromatic rings. The van der Waals surface area contributed by atoms with Crippen LogP contribution < -0.4 is 0 Å². The van der Waals surface area contributed by atoms with Crippen molar-refractivity contribution in [2.75, 3.05) is 7.11 Å². The van der Waals surface area contributed by atoms with Gasteiger partial charge in [-0.2, -0.15) is 5.26 Å². The quantitative estimate of drug-likeness (QED) is 0.337. The molecule has 7 heteroatoms. The number of benzene rings is 2. The van der Waals surface area contributed by atoms with Crippen LogP contribution in [0.3, 0.4) is 0 Å². The predicted octanol–water partition coefficient (Wildman–Crippen LogP) is 6.76. The second-order valence-corrected chi connectivity index (χ2v) is 6.91. The minimum atomic E-state index is -0.537. The molecule has 0 fully saturated rings. The summed E-state index contributed by atoms with van der Waals surface area (Å²) in [7, 11) is 1.29. The van der Waals surface area contributed by atoms with Crippen molar-refractivity contribution in [3.05, 3.63) is 80.5 Å². The van der Waals surface area contributed by atoms with E-state index in [0.717, 1.165) is 0 Å². The molecule has 2 aromatic carbocycles. The fraction of sp³-hybridized carbons (Fsp3) is 0.0476. The van der Waals surface area contributed by atoms with Crippen molar-refractivity contribution >= 4 is 52.4 Å². The summed E-state index contributed by atoms with van der Waals surface area (Å²) in [6.07, 6.45) is 1.60. The van der Waals surface area contributed by atoms with E-state index in [0.29, 0.717) is 38.3 Å². The second-order valence-electron chi connectivity index (χ2n) is 5.69. The van der Waals surface area contributed by atoms with E-state index in [4.69, 9.17) is 44.0 Å². The fourth-order valence-corrected chi connectivity index (χ4v) is 3.01. The van der Waals surface area contributed by atoms with E-state index in [1.165, 1.54) is 7.11 Å². The van der Waals surface area contributed by atoms with E-state index >= 15 is 0 Å². The molecule has 1 aromatic heterocycles. The predicted molar refractivity (Wildman–Crippen MR) is 110 cm³/mol. The van der Waals surface area contributed by atoms with Crippen LogP contribution in [0.5, 0.6) is 0 Å². The number of furan rings is 1. The van der Waals surface area contributed by atoms with E-state index in [1.54, 1.807) is 54.6 Å². The number of hydrogen-bond donors (Lipinski definition) is 0. The van der Waals surface area contributed by atoms with Crippen molar-refractivity contribution < 1.29 is 13.9 Å². The van der Waals surface area contributed by atoms with Crippen molar-refractivity contribution in [1.82, 2.24) is 0 Å². The van der Waals surface area contributed by atoms with Crippen LogP contribution in [0.15, 0.2) is 52.9 Å². The first-order chi connectivity index (χ1) is 13.4. The van der Waals surface area contributed by atoms with Gasteiger partial charge in [0.25, 0.3) is 0 Å². The third kappa shape index (κ3) is 4.23. The lowest BCUT2D eigenvalue weighted by Crippen LogP contribution is -2.02. The summed E-state index contributed by atoms with van der Waals surface area (Å²) < 4.78 is 10.5. The molecule has 0 saturated carbocycles. The Kier molecular flexibility index (Phi) is 6.11. The largest absolute Gasteiger partial charge is 0.465 e. The third-order valence-corrected chi connectivity index (χ3v) is 4.99. The molecule has 0 aliphatic carbocycles. The zero-order valence-electron chi connectivity index (χ0n) is 14.5. The van der Waals surface area contributed by atoms with Gasteiger partial charge in [-0.25, -0.2) is 4.79 Å². The number of allylic oxidation sites excluding steroid dienone is 1. The van der Waals surface area contributed by atoms with Gasteiger partial charge in [-0.05, 0) is 54.1 Å². The van der Waals surface area contributed by atoms with E-state index in [2.05, 4.69) is 6.07 Å². The maximum atomic E-state index is 11.8. The highest BCUT2D eigenvalue weighted by molar-refractivity contribution is 6.42. The third-order valence-electron chi connectivity index (χ3n) is 3.92. The molecule has 0 spiro atoms. The number of rotatable bonds is 4. The van der Waals surface area contributed by atoms with Crippen LogP contribution in [0.2, 0.25) is 15.1 Å². The van der Waals surface area contributed by atoms with Crippen LogP contribution in [0, 0.1) is 11.3 Å². The summed E-state index contributed by atoms with van der Waals surface area (Å²) in [5.74, 6) is 0.441. The molecule has 0 atom stereocenters. The normalized spacial score (nSPS) is 11.2. The lowest BCUT2D eigenvalue weighted by Gasteiger charge is -2.04. The standard InChI is InChI=1S/C21H12Cl3NO3/c1-27-21(26)16-9-13(3-5-17(16)22)20-7-4-15(28-20)8-14(11-25)12-2-6-18(23)19(24)10-12/h2-10H,1H3/b14-8-. The Hall–Kier alpha value is -2.71. The summed E-state index contributed by atoms with van der Waals surface area (Å²) >= 11 is 18.0. The topological polar surface area (TPSA) is 63.2 Å². The molecular weight excluding hydrogens is 421 g/mol. The van der Waals surface area contributed by atoms with Crippen LogP contribution in [0.4, 0.5) is 0 Å². The molecule has 0 saturated heterocycles. The average Bonchev–Trinajstić information content (AvgIpc) is 3.16. The first kappa shape index (κ1) is 20.0. The number of carbonyl (C=O) groups is 1. The number of carbonyl (C=O) groups excluding carboxylic acids is 1. The van der Waals surface area contributed by atoms with Gasteiger partial charge in [-0.15, -0.1) is 0 Å². The molecule has 0 aliphatic heterocycles. The van der Waals surface area contributed by atoms with Crippen LogP contribution in [0.1, 0.15) is 21.7 Å².